The third-order valence-electron chi connectivity index (χ3n) is 1.56. The van der Waals surface area contributed by atoms with E-state index in [1.165, 1.54) is 6.07 Å². The molecule has 0 bridgehead atoms. The van der Waals surface area contributed by atoms with Gasteiger partial charge in [-0.25, -0.2) is 0 Å². The fourth-order valence-corrected chi connectivity index (χ4v) is 1.31. The highest BCUT2D eigenvalue weighted by Crippen LogP contribution is 2.17. The molecule has 0 aliphatic rings. The summed E-state index contributed by atoms with van der Waals surface area (Å²) in [6.45, 7) is 3.77. The van der Waals surface area contributed by atoms with E-state index >= 15 is 0 Å². The minimum atomic E-state index is -1.52. The molecule has 14 heavy (non-hydrogen) atoms. The van der Waals surface area contributed by atoms with Crippen molar-refractivity contribution in [2.24, 2.45) is 0 Å². The molecule has 0 aliphatic carbocycles. The van der Waals surface area contributed by atoms with Crippen molar-refractivity contribution in [3.63, 3.8) is 0 Å². The van der Waals surface area contributed by atoms with Crippen molar-refractivity contribution < 1.29 is 14.8 Å². The van der Waals surface area contributed by atoms with Gasteiger partial charge in [0.05, 0.1) is 6.10 Å². The van der Waals surface area contributed by atoms with E-state index in [1.807, 2.05) is 13.8 Å². The summed E-state index contributed by atoms with van der Waals surface area (Å²) in [4.78, 5) is 0. The van der Waals surface area contributed by atoms with Crippen LogP contribution in [0.2, 0.25) is 5.02 Å². The Morgan fingerprint density at radius 2 is 1.93 bits per heavy atom. The molecule has 0 aliphatic heterocycles. The fraction of sp³-hybridized carbons (Fsp3) is 0.333. The Morgan fingerprint density at radius 1 is 1.29 bits per heavy atom. The van der Waals surface area contributed by atoms with Gasteiger partial charge in [-0.15, -0.1) is 0 Å². The van der Waals surface area contributed by atoms with Gasteiger partial charge < -0.3 is 14.8 Å². The van der Waals surface area contributed by atoms with Crippen LogP contribution in [-0.4, -0.2) is 23.3 Å². The summed E-state index contributed by atoms with van der Waals surface area (Å²) < 4.78 is 5.38. The summed E-state index contributed by atoms with van der Waals surface area (Å²) in [6.07, 6.45) is 0.0251. The molecule has 0 fully saturated rings. The normalized spacial score (nSPS) is 10.4. The van der Waals surface area contributed by atoms with E-state index < -0.39 is 7.12 Å². The maximum Gasteiger partial charge on any atom is 0.488 e. The first-order valence-electron chi connectivity index (χ1n) is 4.32. The van der Waals surface area contributed by atoms with Gasteiger partial charge in [-0.2, -0.15) is 0 Å². The lowest BCUT2D eigenvalue weighted by Gasteiger charge is -2.11. The minimum Gasteiger partial charge on any atom is -0.491 e. The quantitative estimate of drug-likeness (QED) is 0.732. The van der Waals surface area contributed by atoms with Gasteiger partial charge in [-0.05, 0) is 37.5 Å². The van der Waals surface area contributed by atoms with Gasteiger partial charge in [0.15, 0.2) is 0 Å². The predicted molar refractivity (Wildman–Crippen MR) is 57.0 cm³/mol. The Balaban J connectivity index is 2.95. The van der Waals surface area contributed by atoms with Crippen LogP contribution in [0.15, 0.2) is 18.2 Å². The zero-order chi connectivity index (χ0) is 10.7. The minimum absolute atomic E-state index is 0.0251. The summed E-state index contributed by atoms with van der Waals surface area (Å²) in [5.74, 6) is 0.538. The van der Waals surface area contributed by atoms with Crippen molar-refractivity contribution in [3.8, 4) is 5.75 Å². The molecule has 0 saturated heterocycles. The lowest BCUT2D eigenvalue weighted by molar-refractivity contribution is 0.242. The highest BCUT2D eigenvalue weighted by molar-refractivity contribution is 6.59. The fourth-order valence-electron chi connectivity index (χ4n) is 1.07. The van der Waals surface area contributed by atoms with Gasteiger partial charge in [0.1, 0.15) is 5.75 Å². The Bertz CT molecular complexity index is 315. The molecule has 0 atom stereocenters. The highest BCUT2D eigenvalue weighted by Gasteiger charge is 2.13. The van der Waals surface area contributed by atoms with E-state index in [-0.39, 0.29) is 6.10 Å². The molecular weight excluding hydrogens is 202 g/mol. The second kappa shape index (κ2) is 4.69. The second-order valence-corrected chi connectivity index (χ2v) is 3.70. The molecular formula is C9H12BClO3. The van der Waals surface area contributed by atoms with E-state index in [2.05, 4.69) is 0 Å². The van der Waals surface area contributed by atoms with Crippen LogP contribution in [0.4, 0.5) is 0 Å². The first-order chi connectivity index (χ1) is 6.49. The Kier molecular flexibility index (Phi) is 3.81. The van der Waals surface area contributed by atoms with Crippen molar-refractivity contribution in [3.05, 3.63) is 23.2 Å². The summed E-state index contributed by atoms with van der Waals surface area (Å²) in [5.41, 5.74) is 0.327. The molecule has 3 nitrogen and oxygen atoms in total. The molecule has 5 heteroatoms. The molecule has 0 amide bonds. The van der Waals surface area contributed by atoms with Gasteiger partial charge >= 0.3 is 7.12 Å². The SMILES string of the molecule is CC(C)Oc1cc(Cl)cc(B(O)O)c1. The zero-order valence-corrected chi connectivity index (χ0v) is 8.82. The van der Waals surface area contributed by atoms with Gasteiger partial charge in [-0.1, -0.05) is 11.6 Å². The molecule has 0 radical (unpaired) electrons. The van der Waals surface area contributed by atoms with Crippen LogP contribution in [0, 0.1) is 0 Å². The molecule has 1 rings (SSSR count). The molecule has 0 heterocycles. The molecule has 2 N–H and O–H groups in total. The van der Waals surface area contributed by atoms with Crippen LogP contribution in [0.3, 0.4) is 0 Å². The molecule has 0 saturated carbocycles. The van der Waals surface area contributed by atoms with Gasteiger partial charge in [-0.3, -0.25) is 0 Å². The second-order valence-electron chi connectivity index (χ2n) is 3.26. The van der Waals surface area contributed by atoms with Crippen molar-refractivity contribution in [2.45, 2.75) is 20.0 Å². The van der Waals surface area contributed by atoms with E-state index in [0.717, 1.165) is 0 Å². The van der Waals surface area contributed by atoms with Crippen LogP contribution in [0.25, 0.3) is 0 Å². The van der Waals surface area contributed by atoms with Crippen LogP contribution in [0.5, 0.6) is 5.75 Å². The number of benzene rings is 1. The molecule has 0 aromatic heterocycles. The number of halogens is 1. The van der Waals surface area contributed by atoms with E-state index in [4.69, 9.17) is 26.4 Å². The van der Waals surface area contributed by atoms with E-state index in [1.54, 1.807) is 12.1 Å². The highest BCUT2D eigenvalue weighted by atomic mass is 35.5. The Hall–Kier alpha value is -0.705. The van der Waals surface area contributed by atoms with Crippen LogP contribution in [0.1, 0.15) is 13.8 Å². The van der Waals surface area contributed by atoms with E-state index in [0.29, 0.717) is 16.2 Å². The molecule has 0 spiro atoms. The number of hydrogen-bond acceptors (Lipinski definition) is 3. The molecule has 1 aromatic carbocycles. The van der Waals surface area contributed by atoms with Gasteiger partial charge in [0, 0.05) is 5.02 Å². The zero-order valence-electron chi connectivity index (χ0n) is 8.07. The van der Waals surface area contributed by atoms with Crippen molar-refractivity contribution in [1.82, 2.24) is 0 Å². The number of hydrogen-bond donors (Lipinski definition) is 2. The summed E-state index contributed by atoms with van der Waals surface area (Å²) in [6, 6.07) is 4.67. The predicted octanol–water partition coefficient (Wildman–Crippen LogP) is 0.807. The van der Waals surface area contributed by atoms with Gasteiger partial charge in [0.2, 0.25) is 0 Å². The maximum atomic E-state index is 8.95. The monoisotopic (exact) mass is 214 g/mol. The standard InChI is InChI=1S/C9H12BClO3/c1-6(2)14-9-4-7(10(12)13)3-8(11)5-9/h3-6,12-13H,1-2H3. The topological polar surface area (TPSA) is 49.7 Å². The lowest BCUT2D eigenvalue weighted by Crippen LogP contribution is -2.29. The van der Waals surface area contributed by atoms with Gasteiger partial charge in [0.25, 0.3) is 0 Å². The molecule has 1 aromatic rings. The third kappa shape index (κ3) is 3.22. The van der Waals surface area contributed by atoms with Crippen LogP contribution in [-0.2, 0) is 0 Å². The average Bonchev–Trinajstić information content (AvgIpc) is 2.01. The molecule has 0 unspecified atom stereocenters. The third-order valence-corrected chi connectivity index (χ3v) is 1.78. The summed E-state index contributed by atoms with van der Waals surface area (Å²) in [5, 5.41) is 18.3. The number of rotatable bonds is 3. The van der Waals surface area contributed by atoms with Crippen molar-refractivity contribution in [2.75, 3.05) is 0 Å². The smallest absolute Gasteiger partial charge is 0.488 e. The van der Waals surface area contributed by atoms with Crippen LogP contribution >= 0.6 is 11.6 Å². The number of ether oxygens (including phenoxy) is 1. The Labute approximate surface area is 88.4 Å². The maximum absolute atomic E-state index is 8.95. The lowest BCUT2D eigenvalue weighted by atomic mass is 9.80. The Morgan fingerprint density at radius 3 is 2.43 bits per heavy atom. The van der Waals surface area contributed by atoms with Crippen LogP contribution < -0.4 is 10.2 Å². The molecule has 76 valence electrons. The summed E-state index contributed by atoms with van der Waals surface area (Å²) >= 11 is 5.78. The first kappa shape index (κ1) is 11.4. The average molecular weight is 214 g/mol. The van der Waals surface area contributed by atoms with E-state index in [9.17, 15) is 0 Å². The summed E-state index contributed by atoms with van der Waals surface area (Å²) in [7, 11) is -1.52. The van der Waals surface area contributed by atoms with Crippen molar-refractivity contribution >= 4 is 24.2 Å². The largest absolute Gasteiger partial charge is 0.491 e. The first-order valence-corrected chi connectivity index (χ1v) is 4.70. The van der Waals surface area contributed by atoms with Crippen molar-refractivity contribution in [1.29, 1.82) is 0 Å².